The lowest BCUT2D eigenvalue weighted by molar-refractivity contribution is -0.140. The van der Waals surface area contributed by atoms with Crippen molar-refractivity contribution in [2.75, 3.05) is 39.4 Å². The maximum Gasteiger partial charge on any atom is 0.260 e. The van der Waals surface area contributed by atoms with Gasteiger partial charge in [0, 0.05) is 26.2 Å². The number of piperazine rings is 1. The molecule has 0 spiro atoms. The van der Waals surface area contributed by atoms with E-state index >= 15 is 0 Å². The van der Waals surface area contributed by atoms with E-state index in [2.05, 4.69) is 0 Å². The van der Waals surface area contributed by atoms with Crippen molar-refractivity contribution in [3.05, 3.63) is 24.3 Å². The standard InChI is InChI=1S/C17H23ClN2O4/c1-3-23-14-6-4-5-7-15(14)24-12-16(21)19-8-10-20(11-9-19)17(22)13(2)18/h4-7,13H,3,8-12H2,1-2H3. The van der Waals surface area contributed by atoms with Crippen LogP contribution >= 0.6 is 11.6 Å². The van der Waals surface area contributed by atoms with Crippen LogP contribution in [0, 0.1) is 0 Å². The first-order valence-electron chi connectivity index (χ1n) is 8.08. The van der Waals surface area contributed by atoms with E-state index in [0.717, 1.165) is 0 Å². The van der Waals surface area contributed by atoms with E-state index in [9.17, 15) is 9.59 Å². The second kappa shape index (κ2) is 8.78. The van der Waals surface area contributed by atoms with E-state index in [-0.39, 0.29) is 18.4 Å². The highest BCUT2D eigenvalue weighted by molar-refractivity contribution is 6.30. The fraction of sp³-hybridized carbons (Fsp3) is 0.529. The highest BCUT2D eigenvalue weighted by atomic mass is 35.5. The number of amides is 2. The summed E-state index contributed by atoms with van der Waals surface area (Å²) in [5.74, 6) is 0.981. The first kappa shape index (κ1) is 18.4. The number of carbonyl (C=O) groups excluding carboxylic acids is 2. The maximum atomic E-state index is 12.3. The van der Waals surface area contributed by atoms with Gasteiger partial charge in [-0.3, -0.25) is 9.59 Å². The summed E-state index contributed by atoms with van der Waals surface area (Å²) >= 11 is 5.81. The minimum Gasteiger partial charge on any atom is -0.490 e. The van der Waals surface area contributed by atoms with Crippen LogP contribution in [0.4, 0.5) is 0 Å². The quantitative estimate of drug-likeness (QED) is 0.730. The Morgan fingerprint density at radius 2 is 1.62 bits per heavy atom. The molecule has 24 heavy (non-hydrogen) atoms. The molecule has 6 nitrogen and oxygen atoms in total. The normalized spacial score (nSPS) is 15.8. The number of alkyl halides is 1. The maximum absolute atomic E-state index is 12.3. The summed E-state index contributed by atoms with van der Waals surface area (Å²) in [5, 5.41) is -0.536. The summed E-state index contributed by atoms with van der Waals surface area (Å²) < 4.78 is 11.1. The first-order valence-corrected chi connectivity index (χ1v) is 8.51. The van der Waals surface area contributed by atoms with Gasteiger partial charge in [0.25, 0.3) is 5.91 Å². The van der Waals surface area contributed by atoms with E-state index in [4.69, 9.17) is 21.1 Å². The number of carbonyl (C=O) groups is 2. The fourth-order valence-electron chi connectivity index (χ4n) is 2.50. The molecule has 0 aliphatic carbocycles. The van der Waals surface area contributed by atoms with Crippen molar-refractivity contribution in [1.82, 2.24) is 9.80 Å². The molecule has 0 aromatic heterocycles. The number of halogens is 1. The Balaban J connectivity index is 1.83. The van der Waals surface area contributed by atoms with E-state index < -0.39 is 5.38 Å². The van der Waals surface area contributed by atoms with Gasteiger partial charge >= 0.3 is 0 Å². The summed E-state index contributed by atoms with van der Waals surface area (Å²) in [6.45, 7) is 6.01. The van der Waals surface area contributed by atoms with Gasteiger partial charge in [-0.15, -0.1) is 11.6 Å². The smallest absolute Gasteiger partial charge is 0.260 e. The molecule has 1 heterocycles. The van der Waals surface area contributed by atoms with Crippen LogP contribution < -0.4 is 9.47 Å². The zero-order chi connectivity index (χ0) is 17.5. The predicted molar refractivity (Wildman–Crippen MR) is 91.6 cm³/mol. The fourth-order valence-corrected chi connectivity index (χ4v) is 2.64. The third kappa shape index (κ3) is 4.77. The summed E-state index contributed by atoms with van der Waals surface area (Å²) in [5.41, 5.74) is 0. The molecule has 2 rings (SSSR count). The molecule has 1 saturated heterocycles. The zero-order valence-electron chi connectivity index (χ0n) is 14.0. The molecule has 1 aromatic rings. The van der Waals surface area contributed by atoms with Gasteiger partial charge in [-0.2, -0.15) is 0 Å². The monoisotopic (exact) mass is 354 g/mol. The molecule has 1 unspecified atom stereocenters. The highest BCUT2D eigenvalue weighted by Gasteiger charge is 2.26. The van der Waals surface area contributed by atoms with Crippen LogP contribution in [0.15, 0.2) is 24.3 Å². The second-order valence-electron chi connectivity index (χ2n) is 5.49. The molecule has 2 amide bonds. The number of ether oxygens (including phenoxy) is 2. The predicted octanol–water partition coefficient (Wildman–Crippen LogP) is 1.76. The lowest BCUT2D eigenvalue weighted by Crippen LogP contribution is -2.52. The Bertz CT molecular complexity index is 571. The molecular formula is C17H23ClN2O4. The summed E-state index contributed by atoms with van der Waals surface area (Å²) in [7, 11) is 0. The van der Waals surface area contributed by atoms with Gasteiger partial charge < -0.3 is 19.3 Å². The van der Waals surface area contributed by atoms with Gasteiger partial charge in [0.15, 0.2) is 18.1 Å². The number of hydrogen-bond donors (Lipinski definition) is 0. The van der Waals surface area contributed by atoms with E-state index in [1.54, 1.807) is 28.9 Å². The van der Waals surface area contributed by atoms with Gasteiger partial charge in [-0.25, -0.2) is 0 Å². The van der Waals surface area contributed by atoms with Crippen LogP contribution in [0.5, 0.6) is 11.5 Å². The molecule has 0 saturated carbocycles. The molecule has 0 N–H and O–H groups in total. The molecule has 1 aliphatic heterocycles. The average Bonchev–Trinajstić information content (AvgIpc) is 2.60. The van der Waals surface area contributed by atoms with E-state index in [1.807, 2.05) is 19.1 Å². The van der Waals surface area contributed by atoms with Crippen molar-refractivity contribution in [2.45, 2.75) is 19.2 Å². The van der Waals surface area contributed by atoms with Gasteiger partial charge in [0.1, 0.15) is 5.38 Å². The lowest BCUT2D eigenvalue weighted by atomic mass is 10.3. The van der Waals surface area contributed by atoms with Gasteiger partial charge in [0.2, 0.25) is 5.91 Å². The zero-order valence-corrected chi connectivity index (χ0v) is 14.8. The SMILES string of the molecule is CCOc1ccccc1OCC(=O)N1CCN(C(=O)C(C)Cl)CC1. The van der Waals surface area contributed by atoms with E-state index in [1.165, 1.54) is 0 Å². The number of nitrogens with zero attached hydrogens (tertiary/aromatic N) is 2. The molecular weight excluding hydrogens is 332 g/mol. The van der Waals surface area contributed by atoms with Crippen LogP contribution in [0.25, 0.3) is 0 Å². The van der Waals surface area contributed by atoms with Crippen molar-refractivity contribution < 1.29 is 19.1 Å². The van der Waals surface area contributed by atoms with Gasteiger partial charge in [-0.1, -0.05) is 12.1 Å². The highest BCUT2D eigenvalue weighted by Crippen LogP contribution is 2.26. The molecule has 1 fully saturated rings. The van der Waals surface area contributed by atoms with Crippen molar-refractivity contribution in [2.24, 2.45) is 0 Å². The summed E-state index contributed by atoms with van der Waals surface area (Å²) in [6, 6.07) is 7.27. The topological polar surface area (TPSA) is 59.1 Å². The minimum absolute atomic E-state index is 0.0516. The minimum atomic E-state index is -0.536. The van der Waals surface area contributed by atoms with Crippen molar-refractivity contribution in [3.63, 3.8) is 0 Å². The van der Waals surface area contributed by atoms with Gasteiger partial charge in [0.05, 0.1) is 6.61 Å². The third-order valence-corrected chi connectivity index (χ3v) is 3.97. The Morgan fingerprint density at radius 1 is 1.08 bits per heavy atom. The molecule has 0 radical (unpaired) electrons. The lowest BCUT2D eigenvalue weighted by Gasteiger charge is -2.35. The average molecular weight is 355 g/mol. The second-order valence-corrected chi connectivity index (χ2v) is 6.15. The molecule has 0 bridgehead atoms. The van der Waals surface area contributed by atoms with Crippen LogP contribution in [-0.2, 0) is 9.59 Å². The Hall–Kier alpha value is -1.95. The number of hydrogen-bond acceptors (Lipinski definition) is 4. The van der Waals surface area contributed by atoms with Crippen molar-refractivity contribution in [1.29, 1.82) is 0 Å². The molecule has 1 aliphatic rings. The van der Waals surface area contributed by atoms with Crippen molar-refractivity contribution >= 4 is 23.4 Å². The van der Waals surface area contributed by atoms with E-state index in [0.29, 0.717) is 44.3 Å². The summed E-state index contributed by atoms with van der Waals surface area (Å²) in [4.78, 5) is 27.5. The van der Waals surface area contributed by atoms with Crippen LogP contribution in [0.3, 0.4) is 0 Å². The van der Waals surface area contributed by atoms with Gasteiger partial charge in [-0.05, 0) is 26.0 Å². The Labute approximate surface area is 147 Å². The van der Waals surface area contributed by atoms with Crippen LogP contribution in [0.2, 0.25) is 0 Å². The molecule has 7 heteroatoms. The molecule has 1 atom stereocenters. The number of benzene rings is 1. The van der Waals surface area contributed by atoms with Crippen LogP contribution in [0.1, 0.15) is 13.8 Å². The Kier molecular flexibility index (Phi) is 6.73. The molecule has 132 valence electrons. The largest absolute Gasteiger partial charge is 0.490 e. The number of rotatable bonds is 6. The summed E-state index contributed by atoms with van der Waals surface area (Å²) in [6.07, 6.45) is 0. The number of para-hydroxylation sites is 2. The third-order valence-electron chi connectivity index (χ3n) is 3.78. The van der Waals surface area contributed by atoms with Crippen LogP contribution in [-0.4, -0.2) is 66.4 Å². The van der Waals surface area contributed by atoms with Crippen molar-refractivity contribution in [3.8, 4) is 11.5 Å². The molecule has 1 aromatic carbocycles. The first-order chi connectivity index (χ1) is 11.5. The Morgan fingerprint density at radius 3 is 2.17 bits per heavy atom.